The van der Waals surface area contributed by atoms with Crippen molar-refractivity contribution in [1.82, 2.24) is 4.57 Å². The number of carboxylic acid groups (broad SMARTS) is 1. The Morgan fingerprint density at radius 2 is 1.39 bits per heavy atom. The quantitative estimate of drug-likeness (QED) is 0.0549. The highest BCUT2D eigenvalue weighted by Crippen LogP contribution is 2.45. The van der Waals surface area contributed by atoms with Crippen LogP contribution in [-0.2, 0) is 47.0 Å². The second-order valence-electron chi connectivity index (χ2n) is 12.4. The highest BCUT2D eigenvalue weighted by atomic mass is 32.2. The summed E-state index contributed by atoms with van der Waals surface area (Å²) in [5, 5.41) is 13.7. The van der Waals surface area contributed by atoms with Gasteiger partial charge >= 0.3 is 5.97 Å². The van der Waals surface area contributed by atoms with Crippen molar-refractivity contribution in [2.24, 2.45) is 7.05 Å². The lowest BCUT2D eigenvalue weighted by molar-refractivity contribution is -0.136. The van der Waals surface area contributed by atoms with Crippen molar-refractivity contribution < 1.29 is 63.2 Å². The van der Waals surface area contributed by atoms with Crippen molar-refractivity contribution in [3.8, 4) is 11.1 Å². The number of hydrogen-bond donors (Lipinski definition) is 6. The van der Waals surface area contributed by atoms with Gasteiger partial charge in [-0.1, -0.05) is 36.4 Å². The lowest BCUT2D eigenvalue weighted by Crippen LogP contribution is -2.29. The number of ketones is 2. The number of thioether (sulfide) groups is 1. The van der Waals surface area contributed by atoms with Crippen LogP contribution >= 0.6 is 11.8 Å². The molecular weight excluding hydrogens is 831 g/mol. The number of amides is 1. The Labute approximate surface area is 326 Å². The third-order valence-electron chi connectivity index (χ3n) is 8.73. The third-order valence-corrected chi connectivity index (χ3v) is 12.3. The van der Waals surface area contributed by atoms with Crippen LogP contribution in [0.1, 0.15) is 38.3 Å². The number of rotatable bonds is 13. The Morgan fingerprint density at radius 3 is 2.02 bits per heavy atom. The molecular formula is C35H27N3O15S4. The average molecular weight is 858 g/mol. The second kappa shape index (κ2) is 15.0. The Balaban J connectivity index is 1.60. The fourth-order valence-electron chi connectivity index (χ4n) is 6.27. The minimum Gasteiger partial charge on any atom is -0.481 e. The predicted molar refractivity (Wildman–Crippen MR) is 205 cm³/mol. The fourth-order valence-corrected chi connectivity index (χ4v) is 8.90. The molecule has 0 saturated carbocycles. The molecule has 0 spiro atoms. The topological polar surface area (TPSA) is 298 Å². The van der Waals surface area contributed by atoms with Crippen molar-refractivity contribution in [2.45, 2.75) is 21.1 Å². The molecule has 0 atom stereocenters. The van der Waals surface area contributed by atoms with Gasteiger partial charge in [0.1, 0.15) is 9.79 Å². The molecule has 1 aliphatic rings. The number of aromatic nitrogens is 1. The molecule has 0 saturated heterocycles. The molecule has 1 amide bonds. The maximum absolute atomic E-state index is 14.4. The van der Waals surface area contributed by atoms with Gasteiger partial charge in [0.2, 0.25) is 5.91 Å². The summed E-state index contributed by atoms with van der Waals surface area (Å²) in [5.74, 6) is -4.10. The van der Waals surface area contributed by atoms with E-state index >= 15 is 0 Å². The second-order valence-corrected chi connectivity index (χ2v) is 17.7. The van der Waals surface area contributed by atoms with E-state index in [9.17, 15) is 62.9 Å². The minimum absolute atomic E-state index is 0.00214. The number of fused-ring (bicyclic) bond motifs is 2. The van der Waals surface area contributed by atoms with Crippen molar-refractivity contribution in [2.75, 3.05) is 22.1 Å². The molecule has 0 fully saturated rings. The molecule has 0 unspecified atom stereocenters. The Hall–Kier alpha value is -5.75. The first-order valence-corrected chi connectivity index (χ1v) is 21.5. The number of anilines is 3. The van der Waals surface area contributed by atoms with Crippen molar-refractivity contribution in [3.63, 3.8) is 0 Å². The first kappa shape index (κ1) is 40.9. The zero-order chi connectivity index (χ0) is 41.8. The number of carbonyl (C=O) groups excluding carboxylic acids is 3. The monoisotopic (exact) mass is 857 g/mol. The number of aryl methyl sites for hydroxylation is 1. The number of aliphatic carboxylic acids is 1. The number of nitrogens with zero attached hydrogens (tertiary/aromatic N) is 1. The highest BCUT2D eigenvalue weighted by Gasteiger charge is 2.35. The standard InChI is InChI=1S/C35H27N3O15S4/c1-38-24-10-9-21(36-22-14-23(37-27(39)16-54-12-11-28(40)41)26(57(51,52)53)15-25(22)56(48,49)50)30-31(24)29(19-7-2-3-8-20(19)34(30)43)32(35(38)44)33(42)17-5-4-6-18(13-17)55(45,46)47/h2-10,13-15,36H,11-12,16H2,1H3,(H,37,39)(H,40,41)(H,45,46,47)(H,48,49,50)(H,51,52,53). The van der Waals surface area contributed by atoms with Crippen molar-refractivity contribution >= 4 is 93.5 Å². The van der Waals surface area contributed by atoms with Gasteiger partial charge in [-0.15, -0.1) is 0 Å². The number of benzene rings is 4. The molecule has 22 heteroatoms. The number of hydrogen-bond acceptors (Lipinski definition) is 13. The summed E-state index contributed by atoms with van der Waals surface area (Å²) in [4.78, 5) is 63.3. The molecule has 296 valence electrons. The van der Waals surface area contributed by atoms with Gasteiger partial charge in [-0.05, 0) is 42.0 Å². The van der Waals surface area contributed by atoms with Crippen LogP contribution in [0.3, 0.4) is 0 Å². The Bertz CT molecular complexity index is 3010. The summed E-state index contributed by atoms with van der Waals surface area (Å²) in [6.45, 7) is 0. The fraction of sp³-hybridized carbons (Fsp3) is 0.114. The lowest BCUT2D eigenvalue weighted by atomic mass is 9.80. The summed E-state index contributed by atoms with van der Waals surface area (Å²) in [6.07, 6.45) is -0.296. The normalized spacial score (nSPS) is 12.6. The van der Waals surface area contributed by atoms with E-state index in [2.05, 4.69) is 10.6 Å². The molecule has 18 nitrogen and oxygen atoms in total. The van der Waals surface area contributed by atoms with Crippen LogP contribution in [0.25, 0.3) is 22.0 Å². The van der Waals surface area contributed by atoms with E-state index in [0.717, 1.165) is 34.5 Å². The molecule has 1 heterocycles. The van der Waals surface area contributed by atoms with Gasteiger partial charge in [0.05, 0.1) is 50.8 Å². The predicted octanol–water partition coefficient (Wildman–Crippen LogP) is 3.61. The SMILES string of the molecule is Cn1c(=O)c(C(=O)c2cccc(S(=O)(=O)O)c2)c2c3c(c(Nc4cc(NC(=O)CSCCC(=O)O)c(S(=O)(=O)O)cc4S(=O)(=O)O)ccc31)C(=O)c1ccccc1-2. The molecule has 1 aliphatic carbocycles. The summed E-state index contributed by atoms with van der Waals surface area (Å²) in [7, 11) is -14.1. The highest BCUT2D eigenvalue weighted by molar-refractivity contribution is 8.00. The molecule has 0 bridgehead atoms. The summed E-state index contributed by atoms with van der Waals surface area (Å²) in [5.41, 5.74) is -3.26. The van der Waals surface area contributed by atoms with E-state index in [1.165, 1.54) is 55.6 Å². The van der Waals surface area contributed by atoms with Crippen LogP contribution in [-0.4, -0.2) is 83.5 Å². The number of carboxylic acids is 1. The van der Waals surface area contributed by atoms with Gasteiger partial charge in [-0.3, -0.25) is 37.6 Å². The molecule has 0 aliphatic heterocycles. The number of carbonyl (C=O) groups is 4. The van der Waals surface area contributed by atoms with Gasteiger partial charge < -0.3 is 20.3 Å². The first-order valence-electron chi connectivity index (χ1n) is 16.0. The van der Waals surface area contributed by atoms with Crippen LogP contribution in [0.4, 0.5) is 17.1 Å². The summed E-state index contributed by atoms with van der Waals surface area (Å²) < 4.78 is 105. The van der Waals surface area contributed by atoms with E-state index in [-0.39, 0.29) is 56.6 Å². The van der Waals surface area contributed by atoms with Crippen LogP contribution in [0.5, 0.6) is 0 Å². The largest absolute Gasteiger partial charge is 0.481 e. The zero-order valence-corrected chi connectivity index (χ0v) is 32.2. The average Bonchev–Trinajstić information content (AvgIpc) is 3.12. The van der Waals surface area contributed by atoms with Gasteiger partial charge in [0, 0.05) is 34.9 Å². The van der Waals surface area contributed by atoms with E-state index in [1.807, 2.05) is 0 Å². The number of nitrogens with one attached hydrogen (secondary N) is 2. The Morgan fingerprint density at radius 1 is 0.737 bits per heavy atom. The van der Waals surface area contributed by atoms with Crippen LogP contribution < -0.4 is 16.2 Å². The molecule has 57 heavy (non-hydrogen) atoms. The van der Waals surface area contributed by atoms with E-state index in [4.69, 9.17) is 5.11 Å². The minimum atomic E-state index is -5.35. The smallest absolute Gasteiger partial charge is 0.304 e. The van der Waals surface area contributed by atoms with E-state index in [1.54, 1.807) is 0 Å². The van der Waals surface area contributed by atoms with Gasteiger partial charge in [0.25, 0.3) is 35.9 Å². The van der Waals surface area contributed by atoms with Gasteiger partial charge in [0.15, 0.2) is 11.6 Å². The van der Waals surface area contributed by atoms with Crippen molar-refractivity contribution in [3.05, 3.63) is 105 Å². The summed E-state index contributed by atoms with van der Waals surface area (Å²) >= 11 is 0.870. The van der Waals surface area contributed by atoms with Crippen LogP contribution in [0.2, 0.25) is 0 Å². The molecule has 6 rings (SSSR count). The van der Waals surface area contributed by atoms with E-state index in [0.29, 0.717) is 6.07 Å². The molecule has 6 N–H and O–H groups in total. The van der Waals surface area contributed by atoms with Crippen LogP contribution in [0, 0.1) is 0 Å². The molecule has 0 radical (unpaired) electrons. The maximum Gasteiger partial charge on any atom is 0.304 e. The van der Waals surface area contributed by atoms with E-state index < -0.39 is 96.7 Å². The van der Waals surface area contributed by atoms with Gasteiger partial charge in [-0.25, -0.2) is 0 Å². The Kier molecular flexibility index (Phi) is 10.7. The third kappa shape index (κ3) is 7.96. The zero-order valence-electron chi connectivity index (χ0n) is 28.9. The summed E-state index contributed by atoms with van der Waals surface area (Å²) in [6, 6.07) is 13.9. The maximum atomic E-state index is 14.4. The number of pyridine rings is 1. The molecule has 4 aromatic carbocycles. The molecule has 1 aromatic heterocycles. The van der Waals surface area contributed by atoms with Crippen molar-refractivity contribution in [1.29, 1.82) is 0 Å². The van der Waals surface area contributed by atoms with Gasteiger partial charge in [-0.2, -0.15) is 37.0 Å². The van der Waals surface area contributed by atoms with Crippen LogP contribution in [0.15, 0.2) is 92.3 Å². The lowest BCUT2D eigenvalue weighted by Gasteiger charge is -2.26. The first-order chi connectivity index (χ1) is 26.6. The molecule has 5 aromatic rings.